The fourth-order valence-corrected chi connectivity index (χ4v) is 3.56. The molecule has 0 atom stereocenters. The van der Waals surface area contributed by atoms with E-state index in [0.717, 1.165) is 42.6 Å². The first-order chi connectivity index (χ1) is 12.6. The highest BCUT2D eigenvalue weighted by molar-refractivity contribution is 6.30. The van der Waals surface area contributed by atoms with Crippen molar-refractivity contribution >= 4 is 29.1 Å². The first-order valence-electron chi connectivity index (χ1n) is 8.87. The largest absolute Gasteiger partial charge is 0.369 e. The zero-order valence-electron chi connectivity index (χ0n) is 14.8. The minimum Gasteiger partial charge on any atom is -0.369 e. The highest BCUT2D eigenvalue weighted by Crippen LogP contribution is 2.48. The summed E-state index contributed by atoms with van der Waals surface area (Å²) in [5.74, 6) is 1.69. The summed E-state index contributed by atoms with van der Waals surface area (Å²) in [7, 11) is 1.83. The molecule has 2 fully saturated rings. The Kier molecular flexibility index (Phi) is 4.44. The number of carbonyl (C=O) groups excluding carboxylic acids is 1. The van der Waals surface area contributed by atoms with Gasteiger partial charge in [-0.1, -0.05) is 23.7 Å². The zero-order chi connectivity index (χ0) is 18.1. The van der Waals surface area contributed by atoms with Crippen molar-refractivity contribution in [3.8, 4) is 0 Å². The van der Waals surface area contributed by atoms with Gasteiger partial charge in [0.2, 0.25) is 5.91 Å². The van der Waals surface area contributed by atoms with Crippen LogP contribution in [0.5, 0.6) is 0 Å². The van der Waals surface area contributed by atoms with Crippen molar-refractivity contribution in [3.63, 3.8) is 0 Å². The summed E-state index contributed by atoms with van der Waals surface area (Å²) in [6.07, 6.45) is 3.84. The first kappa shape index (κ1) is 17.1. The average Bonchev–Trinajstić information content (AvgIpc) is 3.44. The molecule has 0 unspecified atom stereocenters. The van der Waals surface area contributed by atoms with Crippen LogP contribution in [0.15, 0.2) is 36.7 Å². The summed E-state index contributed by atoms with van der Waals surface area (Å²) in [6, 6.07) is 10.0. The molecule has 7 heteroatoms. The van der Waals surface area contributed by atoms with Crippen molar-refractivity contribution in [2.24, 2.45) is 0 Å². The number of nitrogens with zero attached hydrogens (tertiary/aromatic N) is 4. The Morgan fingerprint density at radius 2 is 2.08 bits per heavy atom. The molecule has 0 spiro atoms. The smallest absolute Gasteiger partial charge is 0.241 e. The quantitative estimate of drug-likeness (QED) is 0.875. The number of amides is 1. The van der Waals surface area contributed by atoms with Gasteiger partial charge < -0.3 is 15.1 Å². The molecule has 0 bridgehead atoms. The summed E-state index contributed by atoms with van der Waals surface area (Å²) in [5, 5.41) is 4.22. The molecule has 1 aromatic heterocycles. The zero-order valence-corrected chi connectivity index (χ0v) is 15.5. The van der Waals surface area contributed by atoms with E-state index in [1.807, 2.05) is 30.1 Å². The molecule has 1 saturated heterocycles. The molecule has 1 saturated carbocycles. The predicted octanol–water partition coefficient (Wildman–Crippen LogP) is 2.55. The molecule has 1 N–H and O–H groups in total. The Bertz CT molecular complexity index is 823. The third-order valence-corrected chi connectivity index (χ3v) is 5.57. The molecule has 1 aliphatic carbocycles. The molecule has 4 rings (SSSR count). The second-order valence-electron chi connectivity index (χ2n) is 7.14. The van der Waals surface area contributed by atoms with Crippen LogP contribution in [0, 0.1) is 0 Å². The highest BCUT2D eigenvalue weighted by atomic mass is 35.5. The summed E-state index contributed by atoms with van der Waals surface area (Å²) < 4.78 is 0. The Morgan fingerprint density at radius 1 is 1.23 bits per heavy atom. The van der Waals surface area contributed by atoms with Gasteiger partial charge >= 0.3 is 0 Å². The number of aromatic nitrogens is 2. The van der Waals surface area contributed by atoms with E-state index in [1.54, 1.807) is 11.2 Å². The van der Waals surface area contributed by atoms with Crippen LogP contribution in [0.2, 0.25) is 5.02 Å². The highest BCUT2D eigenvalue weighted by Gasteiger charge is 2.44. The number of benzene rings is 1. The van der Waals surface area contributed by atoms with E-state index >= 15 is 0 Å². The molecule has 1 aromatic carbocycles. The lowest BCUT2D eigenvalue weighted by Gasteiger charge is -2.32. The van der Waals surface area contributed by atoms with Gasteiger partial charge in [-0.3, -0.25) is 4.79 Å². The fraction of sp³-hybridized carbons (Fsp3) is 0.421. The number of nitrogens with one attached hydrogen (secondary N) is 1. The van der Waals surface area contributed by atoms with Crippen molar-refractivity contribution in [1.29, 1.82) is 0 Å². The molecule has 6 nitrogen and oxygen atoms in total. The number of piperazine rings is 1. The second-order valence-corrected chi connectivity index (χ2v) is 7.58. The third kappa shape index (κ3) is 3.46. The maximum Gasteiger partial charge on any atom is 0.241 e. The molecule has 2 aromatic rings. The Morgan fingerprint density at radius 3 is 2.81 bits per heavy atom. The summed E-state index contributed by atoms with van der Waals surface area (Å²) in [5.41, 5.74) is 1.41. The lowest BCUT2D eigenvalue weighted by atomic mass is 9.96. The number of likely N-dealkylation sites (N-methyl/N-ethyl adjacent to an activating group) is 1. The SMILES string of the molecule is CN1CCN(c2cc(NCC3(c4cccc(Cl)c4)CC3)ncn2)CC1=O. The van der Waals surface area contributed by atoms with Crippen LogP contribution in [0.1, 0.15) is 18.4 Å². The molecule has 136 valence electrons. The van der Waals surface area contributed by atoms with E-state index in [9.17, 15) is 4.79 Å². The van der Waals surface area contributed by atoms with Crippen LogP contribution < -0.4 is 10.2 Å². The van der Waals surface area contributed by atoms with Gasteiger partial charge in [-0.15, -0.1) is 0 Å². The number of carbonyl (C=O) groups is 1. The Hall–Kier alpha value is -2.34. The van der Waals surface area contributed by atoms with Gasteiger partial charge in [-0.2, -0.15) is 0 Å². The van der Waals surface area contributed by atoms with E-state index in [4.69, 9.17) is 11.6 Å². The molecule has 1 aliphatic heterocycles. The van der Waals surface area contributed by atoms with Crippen LogP contribution in [-0.2, 0) is 10.2 Å². The van der Waals surface area contributed by atoms with E-state index in [1.165, 1.54) is 5.56 Å². The van der Waals surface area contributed by atoms with E-state index in [-0.39, 0.29) is 11.3 Å². The molecule has 2 heterocycles. The van der Waals surface area contributed by atoms with Crippen LogP contribution in [0.3, 0.4) is 0 Å². The van der Waals surface area contributed by atoms with Crippen LogP contribution in [-0.4, -0.2) is 54.0 Å². The normalized spacial score (nSPS) is 18.8. The first-order valence-corrected chi connectivity index (χ1v) is 9.24. The number of hydrogen-bond donors (Lipinski definition) is 1. The van der Waals surface area contributed by atoms with Crippen LogP contribution in [0.4, 0.5) is 11.6 Å². The van der Waals surface area contributed by atoms with Crippen molar-refractivity contribution in [2.45, 2.75) is 18.3 Å². The number of hydrogen-bond acceptors (Lipinski definition) is 5. The molecular weight excluding hydrogens is 350 g/mol. The Labute approximate surface area is 158 Å². The number of halogens is 1. The maximum atomic E-state index is 11.9. The van der Waals surface area contributed by atoms with Gasteiger partial charge in [0.1, 0.15) is 18.0 Å². The van der Waals surface area contributed by atoms with Gasteiger partial charge in [-0.05, 0) is 30.5 Å². The van der Waals surface area contributed by atoms with Crippen LogP contribution >= 0.6 is 11.6 Å². The molecule has 2 aliphatic rings. The molecule has 0 radical (unpaired) electrons. The van der Waals surface area contributed by atoms with Gasteiger partial charge in [0, 0.05) is 43.2 Å². The van der Waals surface area contributed by atoms with Crippen molar-refractivity contribution in [3.05, 3.63) is 47.2 Å². The van der Waals surface area contributed by atoms with Gasteiger partial charge in [0.25, 0.3) is 0 Å². The summed E-state index contributed by atoms with van der Waals surface area (Å²) in [4.78, 5) is 24.4. The lowest BCUT2D eigenvalue weighted by Crippen LogP contribution is -2.48. The summed E-state index contributed by atoms with van der Waals surface area (Å²) >= 11 is 6.15. The number of anilines is 2. The Balaban J connectivity index is 1.44. The van der Waals surface area contributed by atoms with E-state index < -0.39 is 0 Å². The van der Waals surface area contributed by atoms with E-state index in [2.05, 4.69) is 27.4 Å². The maximum absolute atomic E-state index is 11.9. The minimum absolute atomic E-state index is 0.113. The van der Waals surface area contributed by atoms with Gasteiger partial charge in [0.15, 0.2) is 0 Å². The van der Waals surface area contributed by atoms with Gasteiger partial charge in [0.05, 0.1) is 6.54 Å². The second kappa shape index (κ2) is 6.76. The minimum atomic E-state index is 0.113. The lowest BCUT2D eigenvalue weighted by molar-refractivity contribution is -0.129. The number of rotatable bonds is 5. The molecular formula is C19H22ClN5O. The van der Waals surface area contributed by atoms with Crippen LogP contribution in [0.25, 0.3) is 0 Å². The van der Waals surface area contributed by atoms with Gasteiger partial charge in [-0.25, -0.2) is 9.97 Å². The van der Waals surface area contributed by atoms with Crippen molar-refractivity contribution in [2.75, 3.05) is 43.4 Å². The molecule has 1 amide bonds. The molecule has 26 heavy (non-hydrogen) atoms. The van der Waals surface area contributed by atoms with Crippen molar-refractivity contribution < 1.29 is 4.79 Å². The predicted molar refractivity (Wildman–Crippen MR) is 103 cm³/mol. The topological polar surface area (TPSA) is 61.4 Å². The monoisotopic (exact) mass is 371 g/mol. The standard InChI is InChI=1S/C19H22ClN5O/c1-24-7-8-25(11-18(24)26)17-10-16(22-13-23-17)21-12-19(5-6-19)14-3-2-4-15(20)9-14/h2-4,9-10,13H,5-8,11-12H2,1H3,(H,21,22,23). The van der Waals surface area contributed by atoms with Crippen molar-refractivity contribution in [1.82, 2.24) is 14.9 Å². The fourth-order valence-electron chi connectivity index (χ4n) is 3.37. The van der Waals surface area contributed by atoms with E-state index in [0.29, 0.717) is 13.1 Å². The summed E-state index contributed by atoms with van der Waals surface area (Å²) in [6.45, 7) is 2.67. The third-order valence-electron chi connectivity index (χ3n) is 5.33. The average molecular weight is 372 g/mol.